The van der Waals surface area contributed by atoms with Crippen molar-refractivity contribution in [1.82, 2.24) is 0 Å². The standard InChI is InChI=1S/C12H21NO5/c1-10(2)15-7-5-14-12(6-13)9(8(7)16-10)17-11(3,4)18-12/h7-9H,5-6,13H2,1-4H3/t7-,8-,9+,12+/m1/s1. The van der Waals surface area contributed by atoms with Crippen LogP contribution in [-0.2, 0) is 23.7 Å². The molecule has 104 valence electrons. The van der Waals surface area contributed by atoms with Crippen molar-refractivity contribution in [3.05, 3.63) is 0 Å². The van der Waals surface area contributed by atoms with Crippen LogP contribution in [0.15, 0.2) is 0 Å². The Morgan fingerprint density at radius 3 is 2.44 bits per heavy atom. The van der Waals surface area contributed by atoms with Gasteiger partial charge in [0.2, 0.25) is 5.79 Å². The first-order valence-electron chi connectivity index (χ1n) is 6.35. The van der Waals surface area contributed by atoms with Crippen LogP contribution in [0.25, 0.3) is 0 Å². The number of hydrogen-bond acceptors (Lipinski definition) is 6. The minimum atomic E-state index is -0.922. The van der Waals surface area contributed by atoms with E-state index >= 15 is 0 Å². The Morgan fingerprint density at radius 2 is 1.78 bits per heavy atom. The Kier molecular flexibility index (Phi) is 2.59. The number of rotatable bonds is 1. The van der Waals surface area contributed by atoms with Crippen molar-refractivity contribution < 1.29 is 23.7 Å². The van der Waals surface area contributed by atoms with Gasteiger partial charge in [0.25, 0.3) is 0 Å². The smallest absolute Gasteiger partial charge is 0.213 e. The first-order valence-corrected chi connectivity index (χ1v) is 6.35. The van der Waals surface area contributed by atoms with Crippen LogP contribution in [0.5, 0.6) is 0 Å². The maximum atomic E-state index is 5.92. The third kappa shape index (κ3) is 1.79. The fourth-order valence-corrected chi connectivity index (χ4v) is 3.01. The molecular formula is C12H21NO5. The summed E-state index contributed by atoms with van der Waals surface area (Å²) in [4.78, 5) is 0. The number of fused-ring (bicyclic) bond motifs is 3. The Labute approximate surface area is 107 Å². The van der Waals surface area contributed by atoms with Gasteiger partial charge in [-0.25, -0.2) is 0 Å². The SMILES string of the molecule is CC1(C)O[C@@H]2[C@@H](CO[C@@]3(CN)OC(C)(C)O[C@@H]23)O1. The molecule has 0 amide bonds. The molecule has 3 fully saturated rings. The van der Waals surface area contributed by atoms with Crippen molar-refractivity contribution in [2.45, 2.75) is 63.4 Å². The van der Waals surface area contributed by atoms with Crippen molar-refractivity contribution in [1.29, 1.82) is 0 Å². The van der Waals surface area contributed by atoms with Gasteiger partial charge >= 0.3 is 0 Å². The van der Waals surface area contributed by atoms with Crippen molar-refractivity contribution in [2.24, 2.45) is 5.73 Å². The largest absolute Gasteiger partial charge is 0.343 e. The quantitative estimate of drug-likeness (QED) is 0.732. The highest BCUT2D eigenvalue weighted by atomic mass is 16.9. The normalized spacial score (nSPS) is 48.8. The highest BCUT2D eigenvalue weighted by Gasteiger charge is 2.64. The van der Waals surface area contributed by atoms with E-state index in [1.165, 1.54) is 0 Å². The molecule has 3 aliphatic rings. The van der Waals surface area contributed by atoms with Gasteiger partial charge in [0.05, 0.1) is 13.2 Å². The van der Waals surface area contributed by atoms with Crippen LogP contribution in [0.1, 0.15) is 27.7 Å². The van der Waals surface area contributed by atoms with Gasteiger partial charge in [0.15, 0.2) is 11.6 Å². The minimum absolute atomic E-state index is 0.137. The molecule has 0 aromatic rings. The van der Waals surface area contributed by atoms with Crippen LogP contribution in [0.2, 0.25) is 0 Å². The lowest BCUT2D eigenvalue weighted by Crippen LogP contribution is -2.61. The van der Waals surface area contributed by atoms with Gasteiger partial charge in [-0.3, -0.25) is 0 Å². The summed E-state index contributed by atoms with van der Waals surface area (Å²) in [5, 5.41) is 0. The van der Waals surface area contributed by atoms with Crippen molar-refractivity contribution in [2.75, 3.05) is 13.2 Å². The monoisotopic (exact) mass is 259 g/mol. The molecular weight excluding hydrogens is 238 g/mol. The Morgan fingerprint density at radius 1 is 1.06 bits per heavy atom. The van der Waals surface area contributed by atoms with E-state index in [2.05, 4.69) is 0 Å². The second-order valence-electron chi connectivity index (χ2n) is 6.01. The van der Waals surface area contributed by atoms with Crippen molar-refractivity contribution in [3.8, 4) is 0 Å². The minimum Gasteiger partial charge on any atom is -0.343 e. The van der Waals surface area contributed by atoms with Gasteiger partial charge in [-0.1, -0.05) is 0 Å². The molecule has 3 rings (SSSR count). The van der Waals surface area contributed by atoms with Crippen LogP contribution in [0.3, 0.4) is 0 Å². The van der Waals surface area contributed by atoms with Gasteiger partial charge in [-0.05, 0) is 27.7 Å². The van der Waals surface area contributed by atoms with E-state index in [1.807, 2.05) is 27.7 Å². The number of hydrogen-bond donors (Lipinski definition) is 1. The van der Waals surface area contributed by atoms with Crippen molar-refractivity contribution >= 4 is 0 Å². The fraction of sp³-hybridized carbons (Fsp3) is 1.00. The second-order valence-corrected chi connectivity index (χ2v) is 6.01. The van der Waals surface area contributed by atoms with Gasteiger partial charge in [0, 0.05) is 0 Å². The molecule has 6 nitrogen and oxygen atoms in total. The van der Waals surface area contributed by atoms with Crippen LogP contribution in [0.4, 0.5) is 0 Å². The topological polar surface area (TPSA) is 72.2 Å². The molecule has 18 heavy (non-hydrogen) atoms. The lowest BCUT2D eigenvalue weighted by atomic mass is 9.97. The Hall–Kier alpha value is -0.240. The lowest BCUT2D eigenvalue weighted by molar-refractivity contribution is -0.274. The summed E-state index contributed by atoms with van der Waals surface area (Å²) in [6.45, 7) is 8.10. The highest BCUT2D eigenvalue weighted by Crippen LogP contribution is 2.46. The first kappa shape index (κ1) is 12.8. The first-order chi connectivity index (χ1) is 8.27. The van der Waals surface area contributed by atoms with Gasteiger partial charge < -0.3 is 29.4 Å². The van der Waals surface area contributed by atoms with E-state index in [-0.39, 0.29) is 24.9 Å². The molecule has 0 unspecified atom stereocenters. The zero-order valence-electron chi connectivity index (χ0n) is 11.3. The van der Waals surface area contributed by atoms with Gasteiger partial charge in [0.1, 0.15) is 18.3 Å². The van der Waals surface area contributed by atoms with E-state index in [4.69, 9.17) is 29.4 Å². The summed E-state index contributed by atoms with van der Waals surface area (Å²) in [6, 6.07) is 0. The average molecular weight is 259 g/mol. The summed E-state index contributed by atoms with van der Waals surface area (Å²) in [6.07, 6.45) is -0.709. The maximum absolute atomic E-state index is 5.92. The molecule has 4 atom stereocenters. The third-order valence-electron chi connectivity index (χ3n) is 3.56. The molecule has 2 N–H and O–H groups in total. The maximum Gasteiger partial charge on any atom is 0.213 e. The van der Waals surface area contributed by atoms with Crippen LogP contribution < -0.4 is 5.73 Å². The summed E-state index contributed by atoms with van der Waals surface area (Å²) >= 11 is 0. The molecule has 3 heterocycles. The molecule has 0 radical (unpaired) electrons. The molecule has 0 aliphatic carbocycles. The van der Waals surface area contributed by atoms with Gasteiger partial charge in [-0.15, -0.1) is 0 Å². The van der Waals surface area contributed by atoms with Crippen LogP contribution >= 0.6 is 0 Å². The lowest BCUT2D eigenvalue weighted by Gasteiger charge is -2.39. The summed E-state index contributed by atoms with van der Waals surface area (Å²) in [5.41, 5.74) is 5.82. The number of nitrogens with two attached hydrogens (primary N) is 1. The second kappa shape index (κ2) is 3.65. The van der Waals surface area contributed by atoms with Crippen LogP contribution in [0, 0.1) is 0 Å². The van der Waals surface area contributed by atoms with Crippen LogP contribution in [-0.4, -0.2) is 48.8 Å². The third-order valence-corrected chi connectivity index (χ3v) is 3.56. The van der Waals surface area contributed by atoms with E-state index < -0.39 is 17.4 Å². The molecule has 0 aromatic heterocycles. The predicted octanol–water partition coefficient (Wildman–Crippen LogP) is 0.343. The van der Waals surface area contributed by atoms with Gasteiger partial charge in [-0.2, -0.15) is 0 Å². The molecule has 3 saturated heterocycles. The van der Waals surface area contributed by atoms with Crippen molar-refractivity contribution in [3.63, 3.8) is 0 Å². The molecule has 0 aromatic carbocycles. The van der Waals surface area contributed by atoms with E-state index in [1.54, 1.807) is 0 Å². The summed E-state index contributed by atoms with van der Waals surface area (Å²) in [5.74, 6) is -2.27. The predicted molar refractivity (Wildman–Crippen MR) is 61.6 cm³/mol. The fourth-order valence-electron chi connectivity index (χ4n) is 3.01. The molecule has 3 aliphatic heterocycles. The zero-order valence-corrected chi connectivity index (χ0v) is 11.3. The molecule has 6 heteroatoms. The summed E-state index contributed by atoms with van der Waals surface area (Å²) < 4.78 is 29.3. The van der Waals surface area contributed by atoms with E-state index in [9.17, 15) is 0 Å². The number of ether oxygens (including phenoxy) is 5. The Balaban J connectivity index is 1.90. The molecule has 0 saturated carbocycles. The Bertz CT molecular complexity index is 358. The average Bonchev–Trinajstić information content (AvgIpc) is 2.70. The molecule has 0 spiro atoms. The van der Waals surface area contributed by atoms with E-state index in [0.717, 1.165) is 0 Å². The zero-order chi connectivity index (χ0) is 13.2. The molecule has 0 bridgehead atoms. The highest BCUT2D eigenvalue weighted by molar-refractivity contribution is 5.03. The van der Waals surface area contributed by atoms with E-state index in [0.29, 0.717) is 6.61 Å². The summed E-state index contributed by atoms with van der Waals surface area (Å²) in [7, 11) is 0.